The first-order valence-corrected chi connectivity index (χ1v) is 10.1. The van der Waals surface area contributed by atoms with Crippen LogP contribution in [-0.4, -0.2) is 27.6 Å². The number of halogens is 1. The summed E-state index contributed by atoms with van der Waals surface area (Å²) < 4.78 is 14.2. The van der Waals surface area contributed by atoms with Gasteiger partial charge in [0.05, 0.1) is 5.69 Å². The number of aromatic amines is 1. The number of nitrogens with two attached hydrogens (primary N) is 1. The van der Waals surface area contributed by atoms with Gasteiger partial charge in [-0.1, -0.05) is 13.8 Å². The molecule has 2 aromatic rings. The Hall–Kier alpha value is -2.44. The first-order valence-electron chi connectivity index (χ1n) is 10.1. The smallest absolute Gasteiger partial charge is 0.220 e. The van der Waals surface area contributed by atoms with E-state index < -0.39 is 5.95 Å². The van der Waals surface area contributed by atoms with E-state index >= 15 is 0 Å². The molecule has 150 valence electrons. The second-order valence-corrected chi connectivity index (χ2v) is 9.11. The van der Waals surface area contributed by atoms with Crippen LogP contribution in [0.15, 0.2) is 12.1 Å². The summed E-state index contributed by atoms with van der Waals surface area (Å²) in [6.45, 7) is 5.18. The van der Waals surface area contributed by atoms with E-state index in [1.165, 1.54) is 11.6 Å². The van der Waals surface area contributed by atoms with Crippen molar-refractivity contribution < 1.29 is 9.18 Å². The number of primary amides is 1. The summed E-state index contributed by atoms with van der Waals surface area (Å²) >= 11 is 0. The minimum atomic E-state index is -0.508. The van der Waals surface area contributed by atoms with Crippen molar-refractivity contribution in [1.29, 1.82) is 0 Å². The van der Waals surface area contributed by atoms with E-state index in [4.69, 9.17) is 5.73 Å². The SMILES string of the molecule is CC1(C)Cc2[nH]nc(-c3cc(F)nc(NCC4CCC(C(N)=O)CC4)c3)c2C1. The highest BCUT2D eigenvalue weighted by Gasteiger charge is 2.33. The molecule has 2 aliphatic carbocycles. The van der Waals surface area contributed by atoms with Gasteiger partial charge in [0.15, 0.2) is 0 Å². The Balaban J connectivity index is 1.45. The molecule has 0 atom stereocenters. The number of carbonyl (C=O) groups excluding carboxylic acids is 1. The fourth-order valence-electron chi connectivity index (χ4n) is 4.62. The molecule has 6 nitrogen and oxygen atoms in total. The molecule has 2 aromatic heterocycles. The molecule has 1 fully saturated rings. The van der Waals surface area contributed by atoms with E-state index in [0.29, 0.717) is 18.3 Å². The van der Waals surface area contributed by atoms with Gasteiger partial charge < -0.3 is 11.1 Å². The molecule has 0 radical (unpaired) electrons. The van der Waals surface area contributed by atoms with Gasteiger partial charge in [-0.2, -0.15) is 9.49 Å². The van der Waals surface area contributed by atoms with E-state index in [0.717, 1.165) is 55.5 Å². The largest absolute Gasteiger partial charge is 0.370 e. The molecule has 2 heterocycles. The van der Waals surface area contributed by atoms with Crippen LogP contribution in [0.2, 0.25) is 0 Å². The molecule has 0 aliphatic heterocycles. The molecule has 0 spiro atoms. The second-order valence-electron chi connectivity index (χ2n) is 9.11. The third-order valence-electron chi connectivity index (χ3n) is 6.15. The maximum Gasteiger partial charge on any atom is 0.220 e. The Labute approximate surface area is 164 Å². The van der Waals surface area contributed by atoms with E-state index in [1.807, 2.05) is 6.07 Å². The lowest BCUT2D eigenvalue weighted by molar-refractivity contribution is -0.122. The Morgan fingerprint density at radius 2 is 2.04 bits per heavy atom. The van der Waals surface area contributed by atoms with Gasteiger partial charge in [-0.3, -0.25) is 9.89 Å². The summed E-state index contributed by atoms with van der Waals surface area (Å²) in [5.74, 6) is 0.269. The molecule has 1 amide bonds. The number of anilines is 1. The molecule has 7 heteroatoms. The van der Waals surface area contributed by atoms with E-state index in [2.05, 4.69) is 34.3 Å². The first kappa shape index (κ1) is 18.9. The Morgan fingerprint density at radius 3 is 2.75 bits per heavy atom. The summed E-state index contributed by atoms with van der Waals surface area (Å²) in [4.78, 5) is 15.3. The number of hydrogen-bond acceptors (Lipinski definition) is 4. The van der Waals surface area contributed by atoms with Crippen molar-refractivity contribution in [2.45, 2.75) is 52.4 Å². The maximum atomic E-state index is 14.2. The number of aromatic nitrogens is 3. The number of carbonyl (C=O) groups is 1. The van der Waals surface area contributed by atoms with Crippen LogP contribution in [0, 0.1) is 23.2 Å². The zero-order chi connectivity index (χ0) is 19.9. The lowest BCUT2D eigenvalue weighted by Crippen LogP contribution is -2.29. The third-order valence-corrected chi connectivity index (χ3v) is 6.15. The van der Waals surface area contributed by atoms with Crippen molar-refractivity contribution in [3.63, 3.8) is 0 Å². The van der Waals surface area contributed by atoms with Crippen molar-refractivity contribution in [3.8, 4) is 11.3 Å². The van der Waals surface area contributed by atoms with Crippen molar-refractivity contribution in [2.24, 2.45) is 23.0 Å². The molecule has 0 unspecified atom stereocenters. The van der Waals surface area contributed by atoms with Crippen molar-refractivity contribution in [3.05, 3.63) is 29.3 Å². The number of H-pyrrole nitrogens is 1. The van der Waals surface area contributed by atoms with Crippen LogP contribution in [0.3, 0.4) is 0 Å². The molecule has 0 saturated heterocycles. The average Bonchev–Trinajstić information content (AvgIpc) is 3.14. The lowest BCUT2D eigenvalue weighted by atomic mass is 9.81. The highest BCUT2D eigenvalue weighted by molar-refractivity contribution is 5.76. The standard InChI is InChI=1S/C21H28FN5O/c1-21(2)9-15-16(10-21)26-27-19(15)14-7-17(22)25-18(8-14)24-11-12-3-5-13(6-4-12)20(23)28/h7-8,12-13H,3-6,9-11H2,1-2H3,(H2,23,28)(H,24,25)(H,26,27). The molecule has 0 aromatic carbocycles. The zero-order valence-corrected chi connectivity index (χ0v) is 16.5. The van der Waals surface area contributed by atoms with Gasteiger partial charge in [0, 0.05) is 35.3 Å². The van der Waals surface area contributed by atoms with Gasteiger partial charge in [0.1, 0.15) is 5.82 Å². The first-order chi connectivity index (χ1) is 13.3. The number of hydrogen-bond donors (Lipinski definition) is 3. The van der Waals surface area contributed by atoms with Crippen molar-refractivity contribution >= 4 is 11.7 Å². The summed E-state index contributed by atoms with van der Waals surface area (Å²) in [5, 5.41) is 10.8. The van der Waals surface area contributed by atoms with Crippen LogP contribution in [0.1, 0.15) is 50.8 Å². The third kappa shape index (κ3) is 3.88. The maximum absolute atomic E-state index is 14.2. The Kier molecular flexibility index (Phi) is 4.85. The normalized spacial score (nSPS) is 23.4. The number of fused-ring (bicyclic) bond motifs is 1. The predicted molar refractivity (Wildman–Crippen MR) is 106 cm³/mol. The van der Waals surface area contributed by atoms with E-state index in [-0.39, 0.29) is 17.2 Å². The van der Waals surface area contributed by atoms with Crippen LogP contribution >= 0.6 is 0 Å². The molecular formula is C21H28FN5O. The number of nitrogens with one attached hydrogen (secondary N) is 2. The monoisotopic (exact) mass is 385 g/mol. The van der Waals surface area contributed by atoms with E-state index in [1.54, 1.807) is 0 Å². The van der Waals surface area contributed by atoms with Crippen LogP contribution in [0.4, 0.5) is 10.2 Å². The highest BCUT2D eigenvalue weighted by atomic mass is 19.1. The van der Waals surface area contributed by atoms with Gasteiger partial charge >= 0.3 is 0 Å². The molecular weight excluding hydrogens is 357 g/mol. The fraction of sp³-hybridized carbons (Fsp3) is 0.571. The summed E-state index contributed by atoms with van der Waals surface area (Å²) in [6, 6.07) is 3.32. The molecule has 4 rings (SSSR count). The average molecular weight is 385 g/mol. The minimum absolute atomic E-state index is 0.00107. The number of rotatable bonds is 5. The van der Waals surface area contributed by atoms with Gasteiger partial charge in [0.2, 0.25) is 11.9 Å². The van der Waals surface area contributed by atoms with Crippen molar-refractivity contribution in [1.82, 2.24) is 15.2 Å². The fourth-order valence-corrected chi connectivity index (χ4v) is 4.62. The lowest BCUT2D eigenvalue weighted by Gasteiger charge is -2.26. The van der Waals surface area contributed by atoms with Crippen molar-refractivity contribution in [2.75, 3.05) is 11.9 Å². The van der Waals surface area contributed by atoms with Gasteiger partial charge in [-0.15, -0.1) is 0 Å². The molecule has 0 bridgehead atoms. The topological polar surface area (TPSA) is 96.7 Å². The highest BCUT2D eigenvalue weighted by Crippen LogP contribution is 2.40. The number of nitrogens with zero attached hydrogens (tertiary/aromatic N) is 2. The quantitative estimate of drug-likeness (QED) is 0.687. The second kappa shape index (κ2) is 7.18. The zero-order valence-electron chi connectivity index (χ0n) is 16.5. The van der Waals surface area contributed by atoms with Crippen LogP contribution in [0.25, 0.3) is 11.3 Å². The van der Waals surface area contributed by atoms with Crippen LogP contribution < -0.4 is 11.1 Å². The van der Waals surface area contributed by atoms with Gasteiger partial charge in [-0.05, 0) is 55.9 Å². The van der Waals surface area contributed by atoms with Gasteiger partial charge in [0.25, 0.3) is 0 Å². The van der Waals surface area contributed by atoms with Crippen LogP contribution in [0.5, 0.6) is 0 Å². The van der Waals surface area contributed by atoms with Gasteiger partial charge in [-0.25, -0.2) is 4.98 Å². The number of pyridine rings is 1. The predicted octanol–water partition coefficient (Wildman–Crippen LogP) is 3.44. The Bertz CT molecular complexity index is 883. The summed E-state index contributed by atoms with van der Waals surface area (Å²) in [5.41, 5.74) is 9.52. The summed E-state index contributed by atoms with van der Waals surface area (Å²) in [7, 11) is 0. The minimum Gasteiger partial charge on any atom is -0.370 e. The van der Waals surface area contributed by atoms with E-state index in [9.17, 15) is 9.18 Å². The molecule has 1 saturated carbocycles. The molecule has 4 N–H and O–H groups in total. The van der Waals surface area contributed by atoms with Crippen LogP contribution in [-0.2, 0) is 17.6 Å². The summed E-state index contributed by atoms with van der Waals surface area (Å²) in [6.07, 6.45) is 5.46. The molecule has 2 aliphatic rings. The molecule has 28 heavy (non-hydrogen) atoms. The number of amides is 1. The Morgan fingerprint density at radius 1 is 1.29 bits per heavy atom.